The SMILES string of the molecule is C[C@@H](c1ccccc1)N(CCc1nc(-c2cccc([N+](=O)[O-])c2)no1)C(=O)c1cccs1. The minimum atomic E-state index is -0.469. The monoisotopic (exact) mass is 448 g/mol. The van der Waals surface area contributed by atoms with Crippen molar-refractivity contribution in [2.45, 2.75) is 19.4 Å². The fourth-order valence-corrected chi connectivity index (χ4v) is 4.05. The number of thiophene rings is 1. The molecule has 32 heavy (non-hydrogen) atoms. The summed E-state index contributed by atoms with van der Waals surface area (Å²) in [6.07, 6.45) is 0.357. The molecule has 0 saturated heterocycles. The summed E-state index contributed by atoms with van der Waals surface area (Å²) in [5.41, 5.74) is 1.48. The maximum absolute atomic E-state index is 13.2. The predicted molar refractivity (Wildman–Crippen MR) is 120 cm³/mol. The lowest BCUT2D eigenvalue weighted by Crippen LogP contribution is -2.35. The van der Waals surface area contributed by atoms with Gasteiger partial charge in [-0.05, 0) is 23.9 Å². The van der Waals surface area contributed by atoms with E-state index in [-0.39, 0.29) is 23.5 Å². The minimum Gasteiger partial charge on any atom is -0.339 e. The largest absolute Gasteiger partial charge is 0.339 e. The van der Waals surface area contributed by atoms with Crippen molar-refractivity contribution in [3.05, 3.63) is 98.6 Å². The van der Waals surface area contributed by atoms with Crippen LogP contribution in [0.1, 0.15) is 34.1 Å². The highest BCUT2D eigenvalue weighted by Gasteiger charge is 2.24. The molecule has 8 nitrogen and oxygen atoms in total. The van der Waals surface area contributed by atoms with Crippen LogP contribution in [0.15, 0.2) is 76.6 Å². The zero-order valence-electron chi connectivity index (χ0n) is 17.2. The van der Waals surface area contributed by atoms with Gasteiger partial charge in [-0.25, -0.2) is 0 Å². The Bertz CT molecular complexity index is 1210. The Morgan fingerprint density at radius 3 is 2.69 bits per heavy atom. The van der Waals surface area contributed by atoms with Gasteiger partial charge in [-0.15, -0.1) is 11.3 Å². The molecule has 0 spiro atoms. The number of rotatable bonds is 8. The van der Waals surface area contributed by atoms with Crippen molar-refractivity contribution in [2.75, 3.05) is 6.54 Å². The molecule has 0 fully saturated rings. The Labute approximate surface area is 188 Å². The van der Waals surface area contributed by atoms with Crippen LogP contribution in [-0.4, -0.2) is 32.4 Å². The first-order chi connectivity index (χ1) is 15.5. The quantitative estimate of drug-likeness (QED) is 0.273. The molecule has 0 aliphatic heterocycles. The third-order valence-corrected chi connectivity index (χ3v) is 5.95. The first-order valence-corrected chi connectivity index (χ1v) is 10.9. The van der Waals surface area contributed by atoms with Crippen LogP contribution in [0.3, 0.4) is 0 Å². The molecule has 1 atom stereocenters. The van der Waals surface area contributed by atoms with Crippen LogP contribution in [-0.2, 0) is 6.42 Å². The van der Waals surface area contributed by atoms with Gasteiger partial charge < -0.3 is 9.42 Å². The van der Waals surface area contributed by atoms with E-state index in [1.807, 2.05) is 54.8 Å². The lowest BCUT2D eigenvalue weighted by molar-refractivity contribution is -0.384. The average molecular weight is 449 g/mol. The van der Waals surface area contributed by atoms with E-state index in [0.29, 0.717) is 29.3 Å². The van der Waals surface area contributed by atoms with Crippen LogP contribution in [0.5, 0.6) is 0 Å². The maximum atomic E-state index is 13.2. The number of nitro groups is 1. The predicted octanol–water partition coefficient (Wildman–Crippen LogP) is 5.15. The van der Waals surface area contributed by atoms with Crippen molar-refractivity contribution in [1.29, 1.82) is 0 Å². The van der Waals surface area contributed by atoms with Crippen LogP contribution >= 0.6 is 11.3 Å². The second kappa shape index (κ2) is 9.52. The summed E-state index contributed by atoms with van der Waals surface area (Å²) < 4.78 is 5.36. The van der Waals surface area contributed by atoms with Crippen LogP contribution in [0, 0.1) is 10.1 Å². The molecule has 0 unspecified atom stereocenters. The molecule has 9 heteroatoms. The minimum absolute atomic E-state index is 0.0433. The van der Waals surface area contributed by atoms with Gasteiger partial charge in [0.2, 0.25) is 11.7 Å². The molecular weight excluding hydrogens is 428 g/mol. The van der Waals surface area contributed by atoms with Crippen LogP contribution < -0.4 is 0 Å². The zero-order valence-corrected chi connectivity index (χ0v) is 18.1. The molecule has 2 aromatic carbocycles. The summed E-state index contributed by atoms with van der Waals surface area (Å²) in [4.78, 5) is 30.5. The van der Waals surface area contributed by atoms with Gasteiger partial charge in [-0.2, -0.15) is 4.98 Å². The number of amides is 1. The van der Waals surface area contributed by atoms with Crippen molar-refractivity contribution in [2.24, 2.45) is 0 Å². The first kappa shape index (κ1) is 21.4. The second-order valence-corrected chi connectivity index (χ2v) is 8.08. The van der Waals surface area contributed by atoms with Crippen LogP contribution in [0.25, 0.3) is 11.4 Å². The third-order valence-electron chi connectivity index (χ3n) is 5.09. The van der Waals surface area contributed by atoms with Gasteiger partial charge in [0.05, 0.1) is 15.8 Å². The molecule has 0 radical (unpaired) electrons. The van der Waals surface area contributed by atoms with Gasteiger partial charge in [0.1, 0.15) is 0 Å². The number of nitrogens with zero attached hydrogens (tertiary/aromatic N) is 4. The number of carbonyl (C=O) groups is 1. The van der Waals surface area contributed by atoms with E-state index in [1.165, 1.54) is 23.5 Å². The summed E-state index contributed by atoms with van der Waals surface area (Å²) in [6, 6.07) is 19.4. The molecule has 0 aliphatic rings. The highest BCUT2D eigenvalue weighted by molar-refractivity contribution is 7.12. The molecule has 2 heterocycles. The molecule has 0 saturated carbocycles. The first-order valence-electron chi connectivity index (χ1n) is 10.00. The fourth-order valence-electron chi connectivity index (χ4n) is 3.37. The Kier molecular flexibility index (Phi) is 6.37. The summed E-state index contributed by atoms with van der Waals surface area (Å²) in [5.74, 6) is 0.571. The van der Waals surface area contributed by atoms with Crippen LogP contribution in [0.4, 0.5) is 5.69 Å². The van der Waals surface area contributed by atoms with E-state index in [9.17, 15) is 14.9 Å². The number of hydrogen-bond donors (Lipinski definition) is 0. The van der Waals surface area contributed by atoms with Crippen molar-refractivity contribution in [1.82, 2.24) is 15.0 Å². The van der Waals surface area contributed by atoms with Gasteiger partial charge in [0.15, 0.2) is 0 Å². The standard InChI is InChI=1S/C23H20N4O4S/c1-16(17-7-3-2-4-8-17)26(23(28)20-11-6-14-32-20)13-12-21-24-22(25-31-21)18-9-5-10-19(15-18)27(29)30/h2-11,14-16H,12-13H2,1H3/t16-/m0/s1. The fraction of sp³-hybridized carbons (Fsp3) is 0.174. The Hall–Kier alpha value is -3.85. The molecule has 2 aromatic heterocycles. The topological polar surface area (TPSA) is 102 Å². The highest BCUT2D eigenvalue weighted by atomic mass is 32.1. The maximum Gasteiger partial charge on any atom is 0.270 e. The van der Waals surface area contributed by atoms with Gasteiger partial charge >= 0.3 is 0 Å². The number of hydrogen-bond acceptors (Lipinski definition) is 7. The molecule has 0 bridgehead atoms. The second-order valence-electron chi connectivity index (χ2n) is 7.13. The van der Waals surface area contributed by atoms with E-state index in [2.05, 4.69) is 10.1 Å². The molecule has 162 valence electrons. The van der Waals surface area contributed by atoms with Crippen molar-refractivity contribution >= 4 is 22.9 Å². The van der Waals surface area contributed by atoms with E-state index < -0.39 is 4.92 Å². The zero-order chi connectivity index (χ0) is 22.5. The van der Waals surface area contributed by atoms with E-state index in [1.54, 1.807) is 17.0 Å². The number of non-ortho nitro benzene ring substituents is 1. The van der Waals surface area contributed by atoms with E-state index in [4.69, 9.17) is 4.52 Å². The lowest BCUT2D eigenvalue weighted by atomic mass is 10.1. The van der Waals surface area contributed by atoms with E-state index >= 15 is 0 Å². The summed E-state index contributed by atoms with van der Waals surface area (Å²) >= 11 is 1.40. The van der Waals surface area contributed by atoms with Crippen molar-refractivity contribution < 1.29 is 14.2 Å². The molecule has 1 amide bonds. The molecule has 0 N–H and O–H groups in total. The van der Waals surface area contributed by atoms with E-state index in [0.717, 1.165) is 5.56 Å². The lowest BCUT2D eigenvalue weighted by Gasteiger charge is -2.29. The van der Waals surface area contributed by atoms with Gasteiger partial charge in [0.25, 0.3) is 11.6 Å². The summed E-state index contributed by atoms with van der Waals surface area (Å²) in [6.45, 7) is 2.37. The summed E-state index contributed by atoms with van der Waals surface area (Å²) in [5, 5.41) is 16.8. The number of benzene rings is 2. The molecule has 0 aliphatic carbocycles. The third kappa shape index (κ3) is 4.73. The molecular formula is C23H20N4O4S. The Balaban J connectivity index is 1.53. The van der Waals surface area contributed by atoms with Crippen molar-refractivity contribution in [3.63, 3.8) is 0 Å². The Morgan fingerprint density at radius 2 is 1.97 bits per heavy atom. The van der Waals surface area contributed by atoms with Crippen LogP contribution in [0.2, 0.25) is 0 Å². The normalized spacial score (nSPS) is 11.8. The van der Waals surface area contributed by atoms with Gasteiger partial charge in [-0.1, -0.05) is 53.7 Å². The summed E-state index contributed by atoms with van der Waals surface area (Å²) in [7, 11) is 0. The number of aromatic nitrogens is 2. The average Bonchev–Trinajstić information content (AvgIpc) is 3.52. The molecule has 4 aromatic rings. The Morgan fingerprint density at radius 1 is 1.16 bits per heavy atom. The smallest absolute Gasteiger partial charge is 0.270 e. The number of nitro benzene ring substituents is 1. The van der Waals surface area contributed by atoms with Crippen molar-refractivity contribution in [3.8, 4) is 11.4 Å². The highest BCUT2D eigenvalue weighted by Crippen LogP contribution is 2.25. The number of carbonyl (C=O) groups excluding carboxylic acids is 1. The van der Waals surface area contributed by atoms with Gasteiger partial charge in [0, 0.05) is 30.7 Å². The van der Waals surface area contributed by atoms with Gasteiger partial charge in [-0.3, -0.25) is 14.9 Å². The molecule has 4 rings (SSSR count).